The minimum absolute atomic E-state index is 0.149. The predicted octanol–water partition coefficient (Wildman–Crippen LogP) is 1.57. The highest BCUT2D eigenvalue weighted by Gasteiger charge is 2.18. The maximum absolute atomic E-state index is 12.2. The van der Waals surface area contributed by atoms with Crippen molar-refractivity contribution in [2.75, 3.05) is 43.6 Å². The number of nitrogens with one attached hydrogen (secondary N) is 2. The SMILES string of the molecule is COc1nc(CNC(=O)Nc2ccc3c(c2)OCCO3)nc(N2CCCC2)n1. The first-order valence-electron chi connectivity index (χ1n) is 9.19. The number of carbonyl (C=O) groups excluding carboxylic acids is 1. The molecule has 0 unspecified atom stereocenters. The molecule has 1 aromatic carbocycles. The first kappa shape index (κ1) is 18.1. The molecule has 0 aliphatic carbocycles. The van der Waals surface area contributed by atoms with Gasteiger partial charge in [-0.05, 0) is 25.0 Å². The van der Waals surface area contributed by atoms with Crippen molar-refractivity contribution < 1.29 is 19.0 Å². The lowest BCUT2D eigenvalue weighted by molar-refractivity contribution is 0.171. The summed E-state index contributed by atoms with van der Waals surface area (Å²) in [4.78, 5) is 27.3. The van der Waals surface area contributed by atoms with Gasteiger partial charge in [-0.1, -0.05) is 0 Å². The van der Waals surface area contributed by atoms with Crippen LogP contribution < -0.4 is 29.7 Å². The van der Waals surface area contributed by atoms with Gasteiger partial charge < -0.3 is 29.7 Å². The van der Waals surface area contributed by atoms with Crippen LogP contribution in [0, 0.1) is 0 Å². The second-order valence-electron chi connectivity index (χ2n) is 6.40. The molecule has 0 radical (unpaired) electrons. The number of hydrogen-bond acceptors (Lipinski definition) is 8. The van der Waals surface area contributed by atoms with Crippen LogP contribution in [0.4, 0.5) is 16.4 Å². The smallest absolute Gasteiger partial charge is 0.321 e. The van der Waals surface area contributed by atoms with E-state index in [1.807, 2.05) is 0 Å². The Morgan fingerprint density at radius 1 is 1.14 bits per heavy atom. The fraction of sp³-hybridized carbons (Fsp3) is 0.444. The van der Waals surface area contributed by atoms with Crippen molar-refractivity contribution in [3.63, 3.8) is 0 Å². The van der Waals surface area contributed by atoms with E-state index in [0.29, 0.717) is 42.2 Å². The van der Waals surface area contributed by atoms with Crippen LogP contribution in [0.25, 0.3) is 0 Å². The molecule has 0 bridgehead atoms. The van der Waals surface area contributed by atoms with E-state index < -0.39 is 0 Å². The van der Waals surface area contributed by atoms with Crippen molar-refractivity contribution in [1.29, 1.82) is 0 Å². The van der Waals surface area contributed by atoms with Gasteiger partial charge in [0.25, 0.3) is 0 Å². The molecule has 148 valence electrons. The fourth-order valence-corrected chi connectivity index (χ4v) is 3.07. The number of nitrogens with zero attached hydrogens (tertiary/aromatic N) is 4. The predicted molar refractivity (Wildman–Crippen MR) is 101 cm³/mol. The van der Waals surface area contributed by atoms with E-state index in [-0.39, 0.29) is 18.6 Å². The molecule has 0 atom stereocenters. The number of carbonyl (C=O) groups is 1. The zero-order chi connectivity index (χ0) is 19.3. The molecule has 2 N–H and O–H groups in total. The lowest BCUT2D eigenvalue weighted by Crippen LogP contribution is -2.30. The van der Waals surface area contributed by atoms with Crippen LogP contribution in [0.3, 0.4) is 0 Å². The molecule has 4 rings (SSSR count). The van der Waals surface area contributed by atoms with Gasteiger partial charge in [-0.3, -0.25) is 0 Å². The molecule has 28 heavy (non-hydrogen) atoms. The number of amides is 2. The maximum Gasteiger partial charge on any atom is 0.321 e. The Morgan fingerprint density at radius 2 is 1.93 bits per heavy atom. The van der Waals surface area contributed by atoms with Crippen LogP contribution in [0.5, 0.6) is 17.5 Å². The summed E-state index contributed by atoms with van der Waals surface area (Å²) in [6.45, 7) is 2.98. The molecule has 1 fully saturated rings. The zero-order valence-corrected chi connectivity index (χ0v) is 15.6. The van der Waals surface area contributed by atoms with Crippen LogP contribution in [0.15, 0.2) is 18.2 Å². The molecule has 2 aliphatic heterocycles. The summed E-state index contributed by atoms with van der Waals surface area (Å²) in [5.74, 6) is 2.30. The number of rotatable bonds is 5. The number of hydrogen-bond donors (Lipinski definition) is 2. The topological polar surface area (TPSA) is 111 Å². The summed E-state index contributed by atoms with van der Waals surface area (Å²) in [7, 11) is 1.51. The molecule has 2 aromatic rings. The zero-order valence-electron chi connectivity index (χ0n) is 15.6. The highest BCUT2D eigenvalue weighted by atomic mass is 16.6. The van der Waals surface area contributed by atoms with Crippen molar-refractivity contribution in [2.24, 2.45) is 0 Å². The summed E-state index contributed by atoms with van der Waals surface area (Å²) in [6, 6.07) is 5.11. The number of urea groups is 1. The first-order chi connectivity index (χ1) is 13.7. The van der Waals surface area contributed by atoms with E-state index >= 15 is 0 Å². The largest absolute Gasteiger partial charge is 0.486 e. The third kappa shape index (κ3) is 4.16. The van der Waals surface area contributed by atoms with Crippen LogP contribution in [-0.2, 0) is 6.54 Å². The summed E-state index contributed by atoms with van der Waals surface area (Å²) in [5.41, 5.74) is 0.604. The third-order valence-electron chi connectivity index (χ3n) is 4.43. The Balaban J connectivity index is 1.38. The first-order valence-corrected chi connectivity index (χ1v) is 9.19. The van der Waals surface area contributed by atoms with Gasteiger partial charge in [-0.15, -0.1) is 0 Å². The summed E-state index contributed by atoms with van der Waals surface area (Å²) < 4.78 is 16.2. The van der Waals surface area contributed by atoms with E-state index in [1.54, 1.807) is 18.2 Å². The molecule has 10 heteroatoms. The van der Waals surface area contributed by atoms with Gasteiger partial charge in [0.15, 0.2) is 17.3 Å². The Hall–Kier alpha value is -3.30. The second kappa shape index (κ2) is 8.15. The third-order valence-corrected chi connectivity index (χ3v) is 4.43. The summed E-state index contributed by atoms with van der Waals surface area (Å²) in [6.07, 6.45) is 2.22. The van der Waals surface area contributed by atoms with Gasteiger partial charge >= 0.3 is 12.0 Å². The lowest BCUT2D eigenvalue weighted by Gasteiger charge is -2.19. The number of aromatic nitrogens is 3. The van der Waals surface area contributed by atoms with Crippen molar-refractivity contribution in [3.05, 3.63) is 24.0 Å². The van der Waals surface area contributed by atoms with E-state index in [2.05, 4.69) is 30.5 Å². The van der Waals surface area contributed by atoms with E-state index in [0.717, 1.165) is 25.9 Å². The average Bonchev–Trinajstić information content (AvgIpc) is 3.27. The Labute approximate surface area is 162 Å². The molecule has 2 aliphatic rings. The maximum atomic E-state index is 12.2. The van der Waals surface area contributed by atoms with Crippen molar-refractivity contribution in [3.8, 4) is 17.5 Å². The average molecular weight is 386 g/mol. The number of anilines is 2. The normalized spacial score (nSPS) is 15.2. The quantitative estimate of drug-likeness (QED) is 0.797. The van der Waals surface area contributed by atoms with Crippen LogP contribution in [0.1, 0.15) is 18.7 Å². The second-order valence-corrected chi connectivity index (χ2v) is 6.40. The molecule has 1 saturated heterocycles. The molecule has 2 amide bonds. The molecule has 10 nitrogen and oxygen atoms in total. The molecule has 0 saturated carbocycles. The van der Waals surface area contributed by atoms with E-state index in [1.165, 1.54) is 7.11 Å². The van der Waals surface area contributed by atoms with Crippen molar-refractivity contribution in [2.45, 2.75) is 19.4 Å². The summed E-state index contributed by atoms with van der Waals surface area (Å²) >= 11 is 0. The standard InChI is InChI=1S/C18H22N6O4/c1-26-18-22-15(21-16(23-18)24-6-2-3-7-24)11-19-17(25)20-12-4-5-13-14(10-12)28-9-8-27-13/h4-5,10H,2-3,6-9,11H2,1H3,(H2,19,20,25). The molecule has 0 spiro atoms. The van der Waals surface area contributed by atoms with E-state index in [4.69, 9.17) is 14.2 Å². The lowest BCUT2D eigenvalue weighted by atomic mass is 10.2. The van der Waals surface area contributed by atoms with Crippen molar-refractivity contribution >= 4 is 17.7 Å². The summed E-state index contributed by atoms with van der Waals surface area (Å²) in [5, 5.41) is 5.51. The minimum Gasteiger partial charge on any atom is -0.486 e. The van der Waals surface area contributed by atoms with Gasteiger partial charge in [-0.2, -0.15) is 15.0 Å². The van der Waals surface area contributed by atoms with E-state index in [9.17, 15) is 4.79 Å². The Morgan fingerprint density at radius 3 is 2.71 bits per heavy atom. The molecule has 1 aromatic heterocycles. The van der Waals surface area contributed by atoms with Gasteiger partial charge in [0.05, 0.1) is 13.7 Å². The number of fused-ring (bicyclic) bond motifs is 1. The monoisotopic (exact) mass is 386 g/mol. The fourth-order valence-electron chi connectivity index (χ4n) is 3.07. The van der Waals surface area contributed by atoms with Crippen LogP contribution >= 0.6 is 0 Å². The van der Waals surface area contributed by atoms with Crippen LogP contribution in [-0.4, -0.2) is 54.4 Å². The Bertz CT molecular complexity index is 856. The highest BCUT2D eigenvalue weighted by Crippen LogP contribution is 2.32. The highest BCUT2D eigenvalue weighted by molar-refractivity contribution is 5.89. The van der Waals surface area contributed by atoms with Crippen molar-refractivity contribution in [1.82, 2.24) is 20.3 Å². The van der Waals surface area contributed by atoms with Gasteiger partial charge in [0.1, 0.15) is 13.2 Å². The number of benzene rings is 1. The number of methoxy groups -OCH3 is 1. The Kier molecular flexibility index (Phi) is 5.27. The van der Waals surface area contributed by atoms with Crippen LogP contribution in [0.2, 0.25) is 0 Å². The van der Waals surface area contributed by atoms with Gasteiger partial charge in [0.2, 0.25) is 5.95 Å². The molecular weight excluding hydrogens is 364 g/mol. The minimum atomic E-state index is -0.376. The van der Waals surface area contributed by atoms with Gasteiger partial charge in [0, 0.05) is 24.8 Å². The number of ether oxygens (including phenoxy) is 3. The molecule has 3 heterocycles. The van der Waals surface area contributed by atoms with Gasteiger partial charge in [-0.25, -0.2) is 4.79 Å². The molecular formula is C18H22N6O4.